The molecule has 6 heteroatoms. The Balaban J connectivity index is 2.12. The summed E-state index contributed by atoms with van der Waals surface area (Å²) in [7, 11) is 0. The summed E-state index contributed by atoms with van der Waals surface area (Å²) in [4.78, 5) is 24.4. The Morgan fingerprint density at radius 2 is 2.29 bits per heavy atom. The highest BCUT2D eigenvalue weighted by Crippen LogP contribution is 2.28. The molecule has 1 unspecified atom stereocenters. The maximum Gasteiger partial charge on any atom is 0.310 e. The van der Waals surface area contributed by atoms with Crippen LogP contribution in [0.15, 0.2) is 18.2 Å². The van der Waals surface area contributed by atoms with Gasteiger partial charge in [0.2, 0.25) is 0 Å². The van der Waals surface area contributed by atoms with Crippen molar-refractivity contribution < 1.29 is 14.5 Å². The van der Waals surface area contributed by atoms with Gasteiger partial charge in [0.25, 0.3) is 5.69 Å². The van der Waals surface area contributed by atoms with E-state index in [1.54, 1.807) is 19.9 Å². The van der Waals surface area contributed by atoms with E-state index in [1.165, 1.54) is 6.07 Å². The molecule has 1 saturated heterocycles. The van der Waals surface area contributed by atoms with Crippen LogP contribution in [0.4, 0.5) is 11.4 Å². The number of piperidine rings is 1. The highest BCUT2D eigenvalue weighted by atomic mass is 16.6. The molecule has 1 aliphatic heterocycles. The lowest BCUT2D eigenvalue weighted by Gasteiger charge is -2.33. The standard InChI is InChI=1S/C15H20N2O4/c1-3-21-15(18)12-5-4-8-16(10-12)13-6-7-14(17(19)20)11(2)9-13/h6-7,9,12H,3-5,8,10H2,1-2H3. The Hall–Kier alpha value is -2.11. The van der Waals surface area contributed by atoms with Gasteiger partial charge in [0.1, 0.15) is 0 Å². The number of hydrogen-bond acceptors (Lipinski definition) is 5. The molecule has 1 heterocycles. The number of benzene rings is 1. The molecular formula is C15H20N2O4. The molecule has 1 aromatic carbocycles. The SMILES string of the molecule is CCOC(=O)C1CCCN(c2ccc([N+](=O)[O-])c(C)c2)C1. The van der Waals surface area contributed by atoms with Gasteiger partial charge in [-0.15, -0.1) is 0 Å². The van der Waals surface area contributed by atoms with Crippen LogP contribution in [0.1, 0.15) is 25.3 Å². The average Bonchev–Trinajstić information content (AvgIpc) is 2.47. The fourth-order valence-electron chi connectivity index (χ4n) is 2.71. The minimum Gasteiger partial charge on any atom is -0.466 e. The van der Waals surface area contributed by atoms with E-state index in [0.29, 0.717) is 18.7 Å². The van der Waals surface area contributed by atoms with Gasteiger partial charge in [-0.2, -0.15) is 0 Å². The number of esters is 1. The normalized spacial score (nSPS) is 18.4. The largest absolute Gasteiger partial charge is 0.466 e. The van der Waals surface area contributed by atoms with Crippen molar-refractivity contribution in [1.82, 2.24) is 0 Å². The zero-order valence-electron chi connectivity index (χ0n) is 12.4. The van der Waals surface area contributed by atoms with E-state index in [0.717, 1.165) is 25.1 Å². The first kappa shape index (κ1) is 15.3. The van der Waals surface area contributed by atoms with Crippen molar-refractivity contribution in [3.63, 3.8) is 0 Å². The lowest BCUT2D eigenvalue weighted by Crippen LogP contribution is -2.39. The van der Waals surface area contributed by atoms with Gasteiger partial charge in [0.05, 0.1) is 17.4 Å². The quantitative estimate of drug-likeness (QED) is 0.484. The molecule has 0 N–H and O–H groups in total. The van der Waals surface area contributed by atoms with Crippen molar-refractivity contribution in [2.75, 3.05) is 24.6 Å². The van der Waals surface area contributed by atoms with Gasteiger partial charge in [-0.3, -0.25) is 14.9 Å². The number of anilines is 1. The van der Waals surface area contributed by atoms with Crippen LogP contribution < -0.4 is 4.90 Å². The molecular weight excluding hydrogens is 272 g/mol. The molecule has 6 nitrogen and oxygen atoms in total. The summed E-state index contributed by atoms with van der Waals surface area (Å²) in [5.41, 5.74) is 1.68. The van der Waals surface area contributed by atoms with Crippen LogP contribution in [-0.4, -0.2) is 30.6 Å². The second-order valence-corrected chi connectivity index (χ2v) is 5.27. The third-order valence-electron chi connectivity index (χ3n) is 3.78. The number of ether oxygens (including phenoxy) is 1. The molecule has 0 aliphatic carbocycles. The van der Waals surface area contributed by atoms with E-state index in [1.807, 2.05) is 6.07 Å². The maximum absolute atomic E-state index is 11.8. The van der Waals surface area contributed by atoms with E-state index in [4.69, 9.17) is 4.74 Å². The summed E-state index contributed by atoms with van der Waals surface area (Å²) in [6, 6.07) is 5.09. The van der Waals surface area contributed by atoms with Gasteiger partial charge in [-0.05, 0) is 38.8 Å². The molecule has 0 saturated carbocycles. The smallest absolute Gasteiger partial charge is 0.310 e. The topological polar surface area (TPSA) is 72.7 Å². The zero-order valence-corrected chi connectivity index (χ0v) is 12.4. The molecule has 0 radical (unpaired) electrons. The molecule has 1 atom stereocenters. The van der Waals surface area contributed by atoms with E-state index >= 15 is 0 Å². The van der Waals surface area contributed by atoms with Crippen LogP contribution in [0.2, 0.25) is 0 Å². The van der Waals surface area contributed by atoms with Gasteiger partial charge in [0.15, 0.2) is 0 Å². The van der Waals surface area contributed by atoms with Gasteiger partial charge < -0.3 is 9.64 Å². The number of nitro benzene ring substituents is 1. The zero-order chi connectivity index (χ0) is 15.4. The van der Waals surface area contributed by atoms with E-state index < -0.39 is 0 Å². The first-order valence-corrected chi connectivity index (χ1v) is 7.19. The summed E-state index contributed by atoms with van der Waals surface area (Å²) in [6.07, 6.45) is 1.75. The van der Waals surface area contributed by atoms with Crippen molar-refractivity contribution in [2.24, 2.45) is 5.92 Å². The molecule has 1 aromatic rings. The molecule has 0 spiro atoms. The highest BCUT2D eigenvalue weighted by molar-refractivity contribution is 5.73. The Morgan fingerprint density at radius 1 is 1.52 bits per heavy atom. The average molecular weight is 292 g/mol. The maximum atomic E-state index is 11.8. The molecule has 0 amide bonds. The molecule has 0 aromatic heterocycles. The van der Waals surface area contributed by atoms with Crippen LogP contribution in [0, 0.1) is 23.0 Å². The first-order valence-electron chi connectivity index (χ1n) is 7.19. The van der Waals surface area contributed by atoms with Gasteiger partial charge in [-0.1, -0.05) is 0 Å². The molecule has 2 rings (SSSR count). The number of carbonyl (C=O) groups is 1. The summed E-state index contributed by atoms with van der Waals surface area (Å²) in [5.74, 6) is -0.268. The van der Waals surface area contributed by atoms with E-state index in [9.17, 15) is 14.9 Å². The number of aryl methyl sites for hydroxylation is 1. The van der Waals surface area contributed by atoms with Crippen molar-refractivity contribution in [1.29, 1.82) is 0 Å². The Labute approximate surface area is 123 Å². The van der Waals surface area contributed by atoms with Crippen LogP contribution in [0.5, 0.6) is 0 Å². The number of nitro groups is 1. The van der Waals surface area contributed by atoms with Crippen LogP contribution >= 0.6 is 0 Å². The molecule has 1 fully saturated rings. The Bertz CT molecular complexity index is 544. The third-order valence-corrected chi connectivity index (χ3v) is 3.78. The summed E-state index contributed by atoms with van der Waals surface area (Å²) >= 11 is 0. The van der Waals surface area contributed by atoms with Crippen molar-refractivity contribution >= 4 is 17.3 Å². The fourth-order valence-corrected chi connectivity index (χ4v) is 2.71. The van der Waals surface area contributed by atoms with Crippen molar-refractivity contribution in [2.45, 2.75) is 26.7 Å². The number of hydrogen-bond donors (Lipinski definition) is 0. The number of nitrogens with zero attached hydrogens (tertiary/aromatic N) is 2. The van der Waals surface area contributed by atoms with Crippen molar-refractivity contribution in [3.05, 3.63) is 33.9 Å². The summed E-state index contributed by atoms with van der Waals surface area (Å²) in [6.45, 7) is 5.39. The van der Waals surface area contributed by atoms with E-state index in [2.05, 4.69) is 4.90 Å². The predicted molar refractivity (Wildman–Crippen MR) is 79.4 cm³/mol. The third kappa shape index (κ3) is 3.51. The summed E-state index contributed by atoms with van der Waals surface area (Å²) in [5, 5.41) is 10.9. The first-order chi connectivity index (χ1) is 10.0. The van der Waals surface area contributed by atoms with Gasteiger partial charge in [-0.25, -0.2) is 0 Å². The minimum atomic E-state index is -0.378. The molecule has 114 valence electrons. The van der Waals surface area contributed by atoms with Crippen LogP contribution in [-0.2, 0) is 9.53 Å². The van der Waals surface area contributed by atoms with Crippen molar-refractivity contribution in [3.8, 4) is 0 Å². The predicted octanol–water partition coefficient (Wildman–Crippen LogP) is 2.68. The number of carbonyl (C=O) groups excluding carboxylic acids is 1. The minimum absolute atomic E-state index is 0.116. The molecule has 0 bridgehead atoms. The lowest BCUT2D eigenvalue weighted by molar-refractivity contribution is -0.385. The van der Waals surface area contributed by atoms with Crippen LogP contribution in [0.3, 0.4) is 0 Å². The summed E-state index contributed by atoms with van der Waals surface area (Å²) < 4.78 is 5.08. The monoisotopic (exact) mass is 292 g/mol. The second kappa shape index (κ2) is 6.56. The Morgan fingerprint density at radius 3 is 2.90 bits per heavy atom. The lowest BCUT2D eigenvalue weighted by atomic mass is 9.97. The van der Waals surface area contributed by atoms with E-state index in [-0.39, 0.29) is 22.5 Å². The number of rotatable bonds is 4. The molecule has 21 heavy (non-hydrogen) atoms. The van der Waals surface area contributed by atoms with Gasteiger partial charge in [0, 0.05) is 30.4 Å². The fraction of sp³-hybridized carbons (Fsp3) is 0.533. The highest BCUT2D eigenvalue weighted by Gasteiger charge is 2.27. The van der Waals surface area contributed by atoms with Crippen LogP contribution in [0.25, 0.3) is 0 Å². The van der Waals surface area contributed by atoms with Gasteiger partial charge >= 0.3 is 5.97 Å². The molecule has 1 aliphatic rings. The Kier molecular flexibility index (Phi) is 4.77. The second-order valence-electron chi connectivity index (χ2n) is 5.27.